The Kier molecular flexibility index (Phi) is 6.42. The van der Waals surface area contributed by atoms with Crippen molar-refractivity contribution < 1.29 is 18.7 Å². The highest BCUT2D eigenvalue weighted by molar-refractivity contribution is 7.14. The van der Waals surface area contributed by atoms with E-state index < -0.39 is 0 Å². The van der Waals surface area contributed by atoms with Gasteiger partial charge in [-0.25, -0.2) is 0 Å². The standard InChI is InChI=1S/C24H26N2O4S/c1-16-9-10-21-17(12-16)13-22(31-21)24(28)26(14-18-6-5-11-30-18)15-23(27)25-19-7-3-4-8-20(19)29-2/h3-8,11,13,16H,9-10,12,14-15H2,1-2H3,(H,25,27)/t16-/m1/s1. The molecule has 1 atom stereocenters. The fraction of sp³-hybridized carbons (Fsp3) is 0.333. The van der Waals surface area contributed by atoms with Crippen LogP contribution in [0.15, 0.2) is 53.1 Å². The summed E-state index contributed by atoms with van der Waals surface area (Å²) in [5, 5.41) is 2.85. The summed E-state index contributed by atoms with van der Waals surface area (Å²) in [6.07, 6.45) is 4.74. The molecule has 2 amide bonds. The molecule has 3 aromatic rings. The number of carbonyl (C=O) groups is 2. The molecule has 1 aromatic carbocycles. The van der Waals surface area contributed by atoms with Gasteiger partial charge in [-0.15, -0.1) is 11.3 Å². The van der Waals surface area contributed by atoms with Gasteiger partial charge in [-0.05, 0) is 61.1 Å². The number of anilines is 1. The van der Waals surface area contributed by atoms with Gasteiger partial charge < -0.3 is 19.4 Å². The van der Waals surface area contributed by atoms with Crippen LogP contribution in [0.1, 0.15) is 39.2 Å². The Morgan fingerprint density at radius 3 is 2.87 bits per heavy atom. The molecule has 1 N–H and O–H groups in total. The molecule has 31 heavy (non-hydrogen) atoms. The number of para-hydroxylation sites is 2. The molecule has 0 aliphatic heterocycles. The number of fused-ring (bicyclic) bond motifs is 1. The third kappa shape index (κ3) is 4.99. The molecule has 1 aliphatic rings. The van der Waals surface area contributed by atoms with E-state index in [2.05, 4.69) is 12.2 Å². The van der Waals surface area contributed by atoms with E-state index in [1.807, 2.05) is 18.2 Å². The van der Waals surface area contributed by atoms with Crippen LogP contribution in [0.2, 0.25) is 0 Å². The number of nitrogens with one attached hydrogen (secondary N) is 1. The molecule has 4 rings (SSSR count). The summed E-state index contributed by atoms with van der Waals surface area (Å²) in [5.74, 6) is 1.39. The second kappa shape index (κ2) is 9.39. The maximum atomic E-state index is 13.4. The monoisotopic (exact) mass is 438 g/mol. The third-order valence-corrected chi connectivity index (χ3v) is 6.69. The quantitative estimate of drug-likeness (QED) is 0.578. The van der Waals surface area contributed by atoms with Gasteiger partial charge in [0.05, 0.1) is 30.5 Å². The van der Waals surface area contributed by atoms with E-state index in [4.69, 9.17) is 9.15 Å². The molecule has 2 aromatic heterocycles. The van der Waals surface area contributed by atoms with Crippen molar-refractivity contribution in [2.45, 2.75) is 32.7 Å². The number of methoxy groups -OCH3 is 1. The number of furan rings is 1. The number of benzene rings is 1. The minimum Gasteiger partial charge on any atom is -0.495 e. The molecule has 0 saturated carbocycles. The fourth-order valence-electron chi connectivity index (χ4n) is 3.87. The normalized spacial score (nSPS) is 15.2. The van der Waals surface area contributed by atoms with Gasteiger partial charge in [0.1, 0.15) is 18.1 Å². The van der Waals surface area contributed by atoms with Gasteiger partial charge in [-0.2, -0.15) is 0 Å². The van der Waals surface area contributed by atoms with E-state index in [1.165, 1.54) is 15.3 Å². The summed E-state index contributed by atoms with van der Waals surface area (Å²) in [6.45, 7) is 2.38. The molecule has 6 nitrogen and oxygen atoms in total. The zero-order valence-electron chi connectivity index (χ0n) is 17.7. The van der Waals surface area contributed by atoms with E-state index in [-0.39, 0.29) is 24.9 Å². The molecule has 0 bridgehead atoms. The van der Waals surface area contributed by atoms with Crippen molar-refractivity contribution >= 4 is 28.8 Å². The topological polar surface area (TPSA) is 71.8 Å². The van der Waals surface area contributed by atoms with E-state index in [1.54, 1.807) is 49.0 Å². The number of nitrogens with zero attached hydrogens (tertiary/aromatic N) is 1. The SMILES string of the molecule is COc1ccccc1NC(=O)CN(Cc1ccco1)C(=O)c1cc2c(s1)CC[C@@H](C)C2. The van der Waals surface area contributed by atoms with E-state index in [0.29, 0.717) is 28.0 Å². The Balaban J connectivity index is 1.53. The van der Waals surface area contributed by atoms with Crippen molar-refractivity contribution in [2.24, 2.45) is 5.92 Å². The molecule has 2 heterocycles. The summed E-state index contributed by atoms with van der Waals surface area (Å²) < 4.78 is 10.7. The van der Waals surface area contributed by atoms with Crippen LogP contribution in [0.3, 0.4) is 0 Å². The van der Waals surface area contributed by atoms with E-state index in [0.717, 1.165) is 19.3 Å². The number of hydrogen-bond acceptors (Lipinski definition) is 5. The number of rotatable bonds is 7. The average Bonchev–Trinajstić information content (AvgIpc) is 3.42. The molecule has 0 saturated heterocycles. The zero-order valence-corrected chi connectivity index (χ0v) is 18.5. The van der Waals surface area contributed by atoms with E-state index in [9.17, 15) is 9.59 Å². The average molecular weight is 439 g/mol. The molecular formula is C24H26N2O4S. The third-order valence-electron chi connectivity index (χ3n) is 5.47. The van der Waals surface area contributed by atoms with Gasteiger partial charge in [0.25, 0.3) is 5.91 Å². The molecule has 0 fully saturated rings. The Labute approximate surface area is 185 Å². The number of hydrogen-bond donors (Lipinski definition) is 1. The number of carbonyl (C=O) groups excluding carboxylic acids is 2. The van der Waals surface area contributed by atoms with E-state index >= 15 is 0 Å². The predicted octanol–water partition coefficient (Wildman–Crippen LogP) is 4.76. The minimum atomic E-state index is -0.292. The Morgan fingerprint density at radius 1 is 1.26 bits per heavy atom. The Morgan fingerprint density at radius 2 is 2.10 bits per heavy atom. The highest BCUT2D eigenvalue weighted by Gasteiger charge is 2.26. The van der Waals surface area contributed by atoms with Gasteiger partial charge >= 0.3 is 0 Å². The highest BCUT2D eigenvalue weighted by atomic mass is 32.1. The first-order chi connectivity index (χ1) is 15.0. The van der Waals surface area contributed by atoms with Crippen LogP contribution in [-0.4, -0.2) is 30.4 Å². The molecular weight excluding hydrogens is 412 g/mol. The van der Waals surface area contributed by atoms with Crippen LogP contribution in [0.5, 0.6) is 5.75 Å². The lowest BCUT2D eigenvalue weighted by Gasteiger charge is -2.21. The lowest BCUT2D eigenvalue weighted by molar-refractivity contribution is -0.117. The lowest BCUT2D eigenvalue weighted by atomic mass is 9.90. The fourth-order valence-corrected chi connectivity index (χ4v) is 5.04. The van der Waals surface area contributed by atoms with Gasteiger partial charge in [0, 0.05) is 4.88 Å². The number of amides is 2. The van der Waals surface area contributed by atoms with Crippen LogP contribution in [0, 0.1) is 5.92 Å². The maximum Gasteiger partial charge on any atom is 0.264 e. The first-order valence-electron chi connectivity index (χ1n) is 10.4. The van der Waals surface area contributed by atoms with Crippen molar-refractivity contribution in [1.82, 2.24) is 4.90 Å². The van der Waals surface area contributed by atoms with Crippen LogP contribution < -0.4 is 10.1 Å². The van der Waals surface area contributed by atoms with Gasteiger partial charge in [0.2, 0.25) is 5.91 Å². The van der Waals surface area contributed by atoms with Crippen molar-refractivity contribution in [3.63, 3.8) is 0 Å². The first kappa shape index (κ1) is 21.2. The molecule has 0 spiro atoms. The summed E-state index contributed by atoms with van der Waals surface area (Å²) in [4.78, 5) is 29.7. The van der Waals surface area contributed by atoms with Crippen molar-refractivity contribution in [2.75, 3.05) is 19.0 Å². The molecule has 0 unspecified atom stereocenters. The Bertz CT molecular complexity index is 1060. The Hall–Kier alpha value is -3.06. The molecule has 0 radical (unpaired) electrons. The number of aryl methyl sites for hydroxylation is 1. The zero-order chi connectivity index (χ0) is 21.8. The van der Waals surface area contributed by atoms with Crippen LogP contribution in [0.25, 0.3) is 0 Å². The number of thiophene rings is 1. The second-order valence-electron chi connectivity index (χ2n) is 7.90. The summed E-state index contributed by atoms with van der Waals surface area (Å²) in [6, 6.07) is 12.8. The lowest BCUT2D eigenvalue weighted by Crippen LogP contribution is -2.37. The van der Waals surface area contributed by atoms with Crippen molar-refractivity contribution in [3.05, 3.63) is 69.8 Å². The smallest absolute Gasteiger partial charge is 0.264 e. The second-order valence-corrected chi connectivity index (χ2v) is 9.03. The summed E-state index contributed by atoms with van der Waals surface area (Å²) in [7, 11) is 1.55. The van der Waals surface area contributed by atoms with Crippen LogP contribution in [-0.2, 0) is 24.2 Å². The highest BCUT2D eigenvalue weighted by Crippen LogP contribution is 2.33. The van der Waals surface area contributed by atoms with Crippen LogP contribution in [0.4, 0.5) is 5.69 Å². The molecule has 7 heteroatoms. The number of ether oxygens (including phenoxy) is 1. The van der Waals surface area contributed by atoms with Crippen molar-refractivity contribution in [3.8, 4) is 5.75 Å². The van der Waals surface area contributed by atoms with Crippen molar-refractivity contribution in [1.29, 1.82) is 0 Å². The molecule has 162 valence electrons. The van der Waals surface area contributed by atoms with Crippen LogP contribution >= 0.6 is 11.3 Å². The summed E-state index contributed by atoms with van der Waals surface area (Å²) in [5.41, 5.74) is 1.84. The first-order valence-corrected chi connectivity index (χ1v) is 11.2. The summed E-state index contributed by atoms with van der Waals surface area (Å²) >= 11 is 1.55. The van der Waals surface area contributed by atoms with Gasteiger partial charge in [-0.1, -0.05) is 19.1 Å². The minimum absolute atomic E-state index is 0.0868. The van der Waals surface area contributed by atoms with Gasteiger partial charge in [0.15, 0.2) is 0 Å². The maximum absolute atomic E-state index is 13.4. The molecule has 1 aliphatic carbocycles. The predicted molar refractivity (Wildman–Crippen MR) is 121 cm³/mol. The van der Waals surface area contributed by atoms with Gasteiger partial charge in [-0.3, -0.25) is 9.59 Å². The largest absolute Gasteiger partial charge is 0.495 e.